The molecule has 34 heavy (non-hydrogen) atoms. The number of halogens is 1. The average molecular weight is 485 g/mol. The molecule has 188 valence electrons. The van der Waals surface area contributed by atoms with Gasteiger partial charge in [-0.25, -0.2) is 4.39 Å². The summed E-state index contributed by atoms with van der Waals surface area (Å²) in [6, 6.07) is 6.08. The van der Waals surface area contributed by atoms with Crippen LogP contribution in [0, 0.1) is 35.4 Å². The van der Waals surface area contributed by atoms with Gasteiger partial charge in [0.2, 0.25) is 0 Å². The second-order valence-electron chi connectivity index (χ2n) is 11.7. The molecule has 0 atom stereocenters. The number of thiophene rings is 1. The lowest BCUT2D eigenvalue weighted by Crippen LogP contribution is -2.29. The molecule has 3 heteroatoms. The van der Waals surface area contributed by atoms with Gasteiger partial charge in [-0.1, -0.05) is 32.6 Å². The zero-order valence-corrected chi connectivity index (χ0v) is 22.3. The van der Waals surface area contributed by atoms with Crippen molar-refractivity contribution in [2.75, 3.05) is 6.61 Å². The first-order valence-corrected chi connectivity index (χ1v) is 15.3. The molecule has 0 spiro atoms. The Labute approximate surface area is 210 Å². The van der Waals surface area contributed by atoms with Crippen LogP contribution in [-0.2, 0) is 0 Å². The van der Waals surface area contributed by atoms with Crippen LogP contribution in [0.25, 0.3) is 10.1 Å². The lowest BCUT2D eigenvalue weighted by Gasteiger charge is -2.41. The summed E-state index contributed by atoms with van der Waals surface area (Å²) >= 11 is 1.67. The first-order valence-electron chi connectivity index (χ1n) is 14.5. The van der Waals surface area contributed by atoms with E-state index in [0.29, 0.717) is 18.3 Å². The van der Waals surface area contributed by atoms with E-state index in [9.17, 15) is 4.39 Å². The normalized spacial score (nSPS) is 32.7. The van der Waals surface area contributed by atoms with Gasteiger partial charge >= 0.3 is 0 Å². The maximum absolute atomic E-state index is 14.8. The Bertz CT molecular complexity index is 911. The van der Waals surface area contributed by atoms with E-state index in [4.69, 9.17) is 4.74 Å². The zero-order chi connectivity index (χ0) is 23.5. The van der Waals surface area contributed by atoms with Crippen LogP contribution >= 0.6 is 11.3 Å². The molecular weight excluding hydrogens is 439 g/mol. The molecule has 2 aromatic rings. The minimum Gasteiger partial charge on any atom is -0.491 e. The molecule has 0 saturated heterocycles. The van der Waals surface area contributed by atoms with Crippen molar-refractivity contribution in [3.8, 4) is 5.75 Å². The quantitative estimate of drug-likeness (QED) is 0.380. The highest BCUT2D eigenvalue weighted by Gasteiger charge is 2.35. The highest BCUT2D eigenvalue weighted by Crippen LogP contribution is 2.48. The summed E-state index contributed by atoms with van der Waals surface area (Å²) in [5, 5.41) is 1.05. The van der Waals surface area contributed by atoms with Crippen LogP contribution in [0.15, 0.2) is 18.2 Å². The van der Waals surface area contributed by atoms with Crippen molar-refractivity contribution < 1.29 is 9.13 Å². The van der Waals surface area contributed by atoms with Gasteiger partial charge in [-0.2, -0.15) is 0 Å². The van der Waals surface area contributed by atoms with E-state index in [1.807, 2.05) is 13.0 Å². The van der Waals surface area contributed by atoms with Crippen LogP contribution in [0.4, 0.5) is 4.39 Å². The molecule has 0 unspecified atom stereocenters. The Morgan fingerprint density at radius 2 is 1.35 bits per heavy atom. The van der Waals surface area contributed by atoms with Crippen LogP contribution in [0.5, 0.6) is 5.75 Å². The van der Waals surface area contributed by atoms with Gasteiger partial charge in [-0.15, -0.1) is 11.3 Å². The Morgan fingerprint density at radius 3 is 1.91 bits per heavy atom. The fourth-order valence-electron chi connectivity index (χ4n) is 7.86. The van der Waals surface area contributed by atoms with Gasteiger partial charge in [0.1, 0.15) is 0 Å². The molecule has 0 N–H and O–H groups in total. The molecule has 1 nitrogen and oxygen atoms in total. The number of rotatable bonds is 7. The molecule has 1 aromatic carbocycles. The van der Waals surface area contributed by atoms with E-state index in [1.165, 1.54) is 94.8 Å². The van der Waals surface area contributed by atoms with Crippen LogP contribution in [-0.4, -0.2) is 6.61 Å². The van der Waals surface area contributed by atoms with Crippen LogP contribution < -0.4 is 4.74 Å². The minimum atomic E-state index is -0.167. The summed E-state index contributed by atoms with van der Waals surface area (Å²) in [5.74, 6) is 5.88. The number of fused-ring (bicyclic) bond motifs is 1. The number of hydrogen-bond acceptors (Lipinski definition) is 2. The van der Waals surface area contributed by atoms with Gasteiger partial charge in [0.25, 0.3) is 0 Å². The minimum absolute atomic E-state index is 0.167. The van der Waals surface area contributed by atoms with Crippen LogP contribution in [0.1, 0.15) is 115 Å². The third kappa shape index (κ3) is 5.35. The van der Waals surface area contributed by atoms with Gasteiger partial charge < -0.3 is 4.74 Å². The molecule has 0 amide bonds. The molecule has 1 heterocycles. The van der Waals surface area contributed by atoms with E-state index >= 15 is 0 Å². The monoisotopic (exact) mass is 484 g/mol. The van der Waals surface area contributed by atoms with Crippen molar-refractivity contribution in [2.45, 2.75) is 110 Å². The first-order chi connectivity index (χ1) is 16.7. The van der Waals surface area contributed by atoms with E-state index in [2.05, 4.69) is 13.0 Å². The molecule has 0 radical (unpaired) electrons. The second-order valence-corrected chi connectivity index (χ2v) is 12.8. The first kappa shape index (κ1) is 24.6. The van der Waals surface area contributed by atoms with E-state index in [-0.39, 0.29) is 5.82 Å². The molecule has 0 bridgehead atoms. The van der Waals surface area contributed by atoms with Crippen molar-refractivity contribution in [1.82, 2.24) is 0 Å². The Morgan fingerprint density at radius 1 is 0.794 bits per heavy atom. The summed E-state index contributed by atoms with van der Waals surface area (Å²) in [4.78, 5) is 1.39. The molecule has 1 aromatic heterocycles. The van der Waals surface area contributed by atoms with Crippen LogP contribution in [0.3, 0.4) is 0 Å². The van der Waals surface area contributed by atoms with Gasteiger partial charge in [0, 0.05) is 4.88 Å². The summed E-state index contributed by atoms with van der Waals surface area (Å²) in [6.45, 7) is 4.77. The lowest BCUT2D eigenvalue weighted by atomic mass is 9.65. The zero-order valence-electron chi connectivity index (χ0n) is 21.5. The maximum Gasteiger partial charge on any atom is 0.182 e. The summed E-state index contributed by atoms with van der Waals surface area (Å²) in [6.07, 6.45) is 20.2. The molecule has 0 aliphatic heterocycles. The van der Waals surface area contributed by atoms with E-state index in [0.717, 1.165) is 39.7 Å². The predicted molar refractivity (Wildman–Crippen MR) is 143 cm³/mol. The third-order valence-corrected chi connectivity index (χ3v) is 11.1. The van der Waals surface area contributed by atoms with Gasteiger partial charge in [0.15, 0.2) is 11.6 Å². The molecule has 5 rings (SSSR count). The number of benzene rings is 1. The Balaban J connectivity index is 1.11. The second kappa shape index (κ2) is 11.3. The third-order valence-electron chi connectivity index (χ3n) is 9.82. The molecule has 3 aliphatic carbocycles. The van der Waals surface area contributed by atoms with E-state index in [1.54, 1.807) is 17.4 Å². The molecule has 3 saturated carbocycles. The Hall–Kier alpha value is -1.09. The van der Waals surface area contributed by atoms with Gasteiger partial charge in [-0.3, -0.25) is 0 Å². The summed E-state index contributed by atoms with van der Waals surface area (Å²) in [7, 11) is 0. The molecular formula is C31H45FOS. The summed E-state index contributed by atoms with van der Waals surface area (Å²) in [5.41, 5.74) is 0. The van der Waals surface area contributed by atoms with Crippen molar-refractivity contribution in [1.29, 1.82) is 0 Å². The van der Waals surface area contributed by atoms with Crippen LogP contribution in [0.2, 0.25) is 0 Å². The smallest absolute Gasteiger partial charge is 0.182 e. The van der Waals surface area contributed by atoms with Gasteiger partial charge in [-0.05, 0) is 130 Å². The fraction of sp³-hybridized carbons (Fsp3) is 0.742. The standard InChI is InChI=1S/C31H45FOS/c1-3-5-21-6-8-22(9-7-21)23-10-12-24(13-11-23)25-14-16-26(17-15-25)29-20-27-18-19-28(33-4-2)30(32)31(27)34-29/h18-26H,3-17H2,1-2H3. The maximum atomic E-state index is 14.8. The Kier molecular flexibility index (Phi) is 8.19. The summed E-state index contributed by atoms with van der Waals surface area (Å²) < 4.78 is 21.1. The number of hydrogen-bond donors (Lipinski definition) is 0. The topological polar surface area (TPSA) is 9.23 Å². The van der Waals surface area contributed by atoms with Gasteiger partial charge in [0.05, 0.1) is 11.3 Å². The van der Waals surface area contributed by atoms with E-state index < -0.39 is 0 Å². The number of ether oxygens (including phenoxy) is 1. The highest BCUT2D eigenvalue weighted by atomic mass is 32.1. The largest absolute Gasteiger partial charge is 0.491 e. The van der Waals surface area contributed by atoms with Crippen molar-refractivity contribution in [3.05, 3.63) is 28.9 Å². The predicted octanol–water partition coefficient (Wildman–Crippen LogP) is 10.1. The SMILES string of the molecule is CCCC1CCC(C2CCC(C3CCC(c4cc5ccc(OCC)c(F)c5s4)CC3)CC2)CC1. The van der Waals surface area contributed by atoms with Crippen molar-refractivity contribution >= 4 is 21.4 Å². The lowest BCUT2D eigenvalue weighted by molar-refractivity contribution is 0.109. The highest BCUT2D eigenvalue weighted by molar-refractivity contribution is 7.19. The van der Waals surface area contributed by atoms with Crippen molar-refractivity contribution in [2.24, 2.45) is 29.6 Å². The molecule has 3 fully saturated rings. The van der Waals surface area contributed by atoms with Crippen molar-refractivity contribution in [3.63, 3.8) is 0 Å². The molecule has 3 aliphatic rings. The average Bonchev–Trinajstić information content (AvgIpc) is 3.32. The fourth-order valence-corrected chi connectivity index (χ4v) is 9.12.